The molecule has 21 heavy (non-hydrogen) atoms. The van der Waals surface area contributed by atoms with Gasteiger partial charge >= 0.3 is 0 Å². The van der Waals surface area contributed by atoms with Gasteiger partial charge in [0.25, 0.3) is 0 Å². The van der Waals surface area contributed by atoms with Crippen LogP contribution < -0.4 is 14.8 Å². The molecule has 2 N–H and O–H groups in total. The van der Waals surface area contributed by atoms with Crippen molar-refractivity contribution in [2.45, 2.75) is 26.4 Å². The lowest BCUT2D eigenvalue weighted by Gasteiger charge is -2.25. The predicted octanol–water partition coefficient (Wildman–Crippen LogP) is 1.93. The Morgan fingerprint density at radius 3 is 2.43 bits per heavy atom. The molecule has 0 aliphatic rings. The second-order valence-corrected chi connectivity index (χ2v) is 4.97. The lowest BCUT2D eigenvalue weighted by molar-refractivity contribution is 0.0546. The summed E-state index contributed by atoms with van der Waals surface area (Å²) in [7, 11) is 1.65. The van der Waals surface area contributed by atoms with Crippen LogP contribution >= 0.6 is 0 Å². The van der Waals surface area contributed by atoms with E-state index in [4.69, 9.17) is 14.2 Å². The van der Waals surface area contributed by atoms with E-state index < -0.39 is 5.60 Å². The zero-order valence-corrected chi connectivity index (χ0v) is 13.4. The third-order valence-electron chi connectivity index (χ3n) is 3.12. The van der Waals surface area contributed by atoms with E-state index in [9.17, 15) is 5.11 Å². The topological polar surface area (TPSA) is 60.0 Å². The number of hydrogen-bond donors (Lipinski definition) is 2. The van der Waals surface area contributed by atoms with Crippen LogP contribution in [0.15, 0.2) is 18.2 Å². The monoisotopic (exact) mass is 297 g/mol. The summed E-state index contributed by atoms with van der Waals surface area (Å²) in [4.78, 5) is 0. The molecule has 0 spiro atoms. The Kier molecular flexibility index (Phi) is 7.50. The zero-order chi connectivity index (χ0) is 15.7. The number of hydrogen-bond acceptors (Lipinski definition) is 5. The average molecular weight is 297 g/mol. The van der Waals surface area contributed by atoms with Gasteiger partial charge in [0.1, 0.15) is 0 Å². The highest BCUT2D eigenvalue weighted by Crippen LogP contribution is 2.32. The molecule has 120 valence electrons. The molecule has 0 saturated heterocycles. The van der Waals surface area contributed by atoms with Crippen LogP contribution in [0.1, 0.15) is 26.3 Å². The Hall–Kier alpha value is -1.30. The summed E-state index contributed by atoms with van der Waals surface area (Å²) in [6, 6.07) is 5.55. The maximum atomic E-state index is 10.6. The highest BCUT2D eigenvalue weighted by atomic mass is 16.5. The molecule has 0 radical (unpaired) electrons. The fourth-order valence-electron chi connectivity index (χ4n) is 1.99. The first-order chi connectivity index (χ1) is 10.0. The summed E-state index contributed by atoms with van der Waals surface area (Å²) in [6.07, 6.45) is 0. The first-order valence-electron chi connectivity index (χ1n) is 7.37. The SMILES string of the molecule is CCOc1ccc(C(C)(O)CNCCOC)cc1OCC. The summed E-state index contributed by atoms with van der Waals surface area (Å²) < 4.78 is 16.1. The van der Waals surface area contributed by atoms with Gasteiger partial charge in [0, 0.05) is 20.2 Å². The first kappa shape index (κ1) is 17.8. The molecule has 0 aliphatic carbocycles. The van der Waals surface area contributed by atoms with Gasteiger partial charge in [-0.05, 0) is 38.5 Å². The van der Waals surface area contributed by atoms with Crippen LogP contribution in [0.25, 0.3) is 0 Å². The van der Waals surface area contributed by atoms with Gasteiger partial charge in [-0.3, -0.25) is 0 Å². The summed E-state index contributed by atoms with van der Waals surface area (Å²) in [5, 5.41) is 13.8. The van der Waals surface area contributed by atoms with E-state index in [-0.39, 0.29) is 0 Å². The van der Waals surface area contributed by atoms with Crippen LogP contribution in [0.4, 0.5) is 0 Å². The van der Waals surface area contributed by atoms with Crippen LogP contribution in [-0.4, -0.2) is 45.1 Å². The van der Waals surface area contributed by atoms with Crippen LogP contribution in [0, 0.1) is 0 Å². The molecule has 0 bridgehead atoms. The fraction of sp³-hybridized carbons (Fsp3) is 0.625. The summed E-state index contributed by atoms with van der Waals surface area (Å²) >= 11 is 0. The Bertz CT molecular complexity index is 421. The highest BCUT2D eigenvalue weighted by Gasteiger charge is 2.24. The van der Waals surface area contributed by atoms with E-state index in [0.29, 0.717) is 44.4 Å². The van der Waals surface area contributed by atoms with Crippen molar-refractivity contribution in [3.63, 3.8) is 0 Å². The van der Waals surface area contributed by atoms with Crippen LogP contribution in [0.3, 0.4) is 0 Å². The maximum absolute atomic E-state index is 10.6. The van der Waals surface area contributed by atoms with Crippen molar-refractivity contribution in [3.05, 3.63) is 23.8 Å². The number of nitrogens with one attached hydrogen (secondary N) is 1. The van der Waals surface area contributed by atoms with E-state index in [1.54, 1.807) is 14.0 Å². The van der Waals surface area contributed by atoms with Gasteiger partial charge in [0.15, 0.2) is 11.5 Å². The Morgan fingerprint density at radius 2 is 1.81 bits per heavy atom. The highest BCUT2D eigenvalue weighted by molar-refractivity contribution is 5.44. The minimum absolute atomic E-state index is 0.440. The summed E-state index contributed by atoms with van der Waals surface area (Å²) in [5.41, 5.74) is -0.191. The van der Waals surface area contributed by atoms with Gasteiger partial charge < -0.3 is 24.6 Å². The predicted molar refractivity (Wildman–Crippen MR) is 83.1 cm³/mol. The van der Waals surface area contributed by atoms with Crippen LogP contribution in [0.2, 0.25) is 0 Å². The van der Waals surface area contributed by atoms with Crippen molar-refractivity contribution in [3.8, 4) is 11.5 Å². The van der Waals surface area contributed by atoms with Gasteiger partial charge in [0.2, 0.25) is 0 Å². The molecule has 1 unspecified atom stereocenters. The third-order valence-corrected chi connectivity index (χ3v) is 3.12. The quantitative estimate of drug-likeness (QED) is 0.646. The number of aliphatic hydroxyl groups is 1. The number of ether oxygens (including phenoxy) is 3. The minimum atomic E-state index is -0.982. The van der Waals surface area contributed by atoms with Crippen molar-refractivity contribution in [1.29, 1.82) is 0 Å². The Balaban J connectivity index is 2.82. The maximum Gasteiger partial charge on any atom is 0.161 e. The zero-order valence-electron chi connectivity index (χ0n) is 13.4. The van der Waals surface area contributed by atoms with Gasteiger partial charge in [-0.2, -0.15) is 0 Å². The van der Waals surface area contributed by atoms with Crippen LogP contribution in [0.5, 0.6) is 11.5 Å². The molecule has 1 aromatic rings. The molecular weight excluding hydrogens is 270 g/mol. The molecule has 0 saturated carbocycles. The van der Waals surface area contributed by atoms with Crippen molar-refractivity contribution in [1.82, 2.24) is 5.32 Å². The molecule has 1 rings (SSSR count). The van der Waals surface area contributed by atoms with Crippen molar-refractivity contribution >= 4 is 0 Å². The molecule has 1 atom stereocenters. The van der Waals surface area contributed by atoms with E-state index >= 15 is 0 Å². The first-order valence-corrected chi connectivity index (χ1v) is 7.37. The minimum Gasteiger partial charge on any atom is -0.490 e. The fourth-order valence-corrected chi connectivity index (χ4v) is 1.99. The molecule has 0 fully saturated rings. The molecular formula is C16H27NO4. The van der Waals surface area contributed by atoms with E-state index in [1.807, 2.05) is 32.0 Å². The molecule has 5 heteroatoms. The van der Waals surface area contributed by atoms with Crippen molar-refractivity contribution in [2.24, 2.45) is 0 Å². The summed E-state index contributed by atoms with van der Waals surface area (Å²) in [6.45, 7) is 8.51. The smallest absolute Gasteiger partial charge is 0.161 e. The normalized spacial score (nSPS) is 13.8. The molecule has 5 nitrogen and oxygen atoms in total. The van der Waals surface area contributed by atoms with E-state index in [0.717, 1.165) is 5.56 Å². The Morgan fingerprint density at radius 1 is 1.14 bits per heavy atom. The van der Waals surface area contributed by atoms with Crippen molar-refractivity contribution in [2.75, 3.05) is 40.0 Å². The lowest BCUT2D eigenvalue weighted by Crippen LogP contribution is -2.36. The largest absolute Gasteiger partial charge is 0.490 e. The van der Waals surface area contributed by atoms with Crippen LogP contribution in [-0.2, 0) is 10.3 Å². The molecule has 1 aromatic carbocycles. The second kappa shape index (κ2) is 8.87. The molecule has 0 aliphatic heterocycles. The summed E-state index contributed by atoms with van der Waals surface area (Å²) in [5.74, 6) is 1.36. The molecule has 0 amide bonds. The van der Waals surface area contributed by atoms with E-state index in [1.165, 1.54) is 0 Å². The third kappa shape index (κ3) is 5.53. The molecule has 0 heterocycles. The molecule has 0 aromatic heterocycles. The Labute approximate surface area is 127 Å². The standard InChI is InChI=1S/C16H27NO4/c1-5-20-14-8-7-13(11-15(14)21-6-2)16(3,18)12-17-9-10-19-4/h7-8,11,17-18H,5-6,9-10,12H2,1-4H3. The number of benzene rings is 1. The van der Waals surface area contributed by atoms with Gasteiger partial charge in [0.05, 0.1) is 25.4 Å². The van der Waals surface area contributed by atoms with E-state index in [2.05, 4.69) is 5.32 Å². The second-order valence-electron chi connectivity index (χ2n) is 4.97. The average Bonchev–Trinajstić information content (AvgIpc) is 2.46. The van der Waals surface area contributed by atoms with Gasteiger partial charge in [-0.25, -0.2) is 0 Å². The van der Waals surface area contributed by atoms with Gasteiger partial charge in [-0.15, -0.1) is 0 Å². The van der Waals surface area contributed by atoms with Gasteiger partial charge in [-0.1, -0.05) is 6.07 Å². The van der Waals surface area contributed by atoms with Crippen molar-refractivity contribution < 1.29 is 19.3 Å². The lowest BCUT2D eigenvalue weighted by atomic mass is 9.95. The number of rotatable bonds is 10. The number of methoxy groups -OCH3 is 1.